The number of methoxy groups -OCH3 is 1. The fraction of sp³-hybridized carbons (Fsp3) is 0.667. The number of hydrogen-bond acceptors (Lipinski definition) is 4. The van der Waals surface area contributed by atoms with Crippen molar-refractivity contribution >= 4 is 5.97 Å². The first-order chi connectivity index (χ1) is 7.77. The molecule has 0 saturated heterocycles. The lowest BCUT2D eigenvalue weighted by Crippen LogP contribution is -2.34. The highest BCUT2D eigenvalue weighted by Crippen LogP contribution is 2.21. The number of carbonyl (C=O) groups is 1. The maximum Gasteiger partial charge on any atom is 0.323 e. The fourth-order valence-corrected chi connectivity index (χ4v) is 1.79. The number of nitrogens with two attached hydrogens (primary N) is 1. The number of esters is 1. The van der Waals surface area contributed by atoms with Gasteiger partial charge in [-0.2, -0.15) is 0 Å². The molecule has 2 N–H and O–H groups in total. The van der Waals surface area contributed by atoms with E-state index in [0.717, 1.165) is 11.5 Å². The summed E-state index contributed by atoms with van der Waals surface area (Å²) in [6.07, 6.45) is 2.20. The van der Waals surface area contributed by atoms with Crippen molar-refractivity contribution in [2.24, 2.45) is 12.8 Å². The predicted octanol–water partition coefficient (Wildman–Crippen LogP) is 0.760. The molecule has 0 radical (unpaired) electrons. The Morgan fingerprint density at radius 2 is 2.18 bits per heavy atom. The molecule has 0 aliphatic carbocycles. The number of hydrogen-bond donors (Lipinski definition) is 1. The average Bonchev–Trinajstić information content (AvgIpc) is 2.58. The highest BCUT2D eigenvalue weighted by atomic mass is 16.5. The lowest BCUT2D eigenvalue weighted by Gasteiger charge is -2.19. The van der Waals surface area contributed by atoms with Crippen LogP contribution in [-0.4, -0.2) is 28.7 Å². The highest BCUT2D eigenvalue weighted by Gasteiger charge is 2.22. The Labute approximate surface area is 102 Å². The molecule has 0 spiro atoms. The van der Waals surface area contributed by atoms with E-state index < -0.39 is 12.0 Å². The summed E-state index contributed by atoms with van der Waals surface area (Å²) in [6.45, 7) is 6.29. The third kappa shape index (κ3) is 3.06. The molecule has 0 fully saturated rings. The number of rotatable bonds is 3. The fourth-order valence-electron chi connectivity index (χ4n) is 1.79. The zero-order valence-corrected chi connectivity index (χ0v) is 11.2. The standard InChI is InChI=1S/C12H21N3O2/c1-12(2,3)11-14-7-8(15(11)4)6-9(13)10(16)17-5/h7,9H,6,13H2,1-5H3/t9-/m0/s1. The van der Waals surface area contributed by atoms with Crippen molar-refractivity contribution < 1.29 is 9.53 Å². The molecular formula is C12H21N3O2. The van der Waals surface area contributed by atoms with Crippen molar-refractivity contribution in [3.63, 3.8) is 0 Å². The third-order valence-corrected chi connectivity index (χ3v) is 2.69. The molecule has 1 rings (SSSR count). The molecule has 0 aromatic carbocycles. The van der Waals surface area contributed by atoms with Gasteiger partial charge in [-0.1, -0.05) is 20.8 Å². The SMILES string of the molecule is COC(=O)[C@@H](N)Cc1cnc(C(C)(C)C)n1C. The van der Waals surface area contributed by atoms with E-state index in [-0.39, 0.29) is 5.41 Å². The number of ether oxygens (including phenoxy) is 1. The predicted molar refractivity (Wildman–Crippen MR) is 65.6 cm³/mol. The molecule has 0 aliphatic rings. The molecule has 1 aromatic rings. The Balaban J connectivity index is 2.88. The van der Waals surface area contributed by atoms with Crippen LogP contribution < -0.4 is 5.73 Å². The van der Waals surface area contributed by atoms with Gasteiger partial charge in [0, 0.05) is 30.8 Å². The van der Waals surface area contributed by atoms with Crippen molar-refractivity contribution in [2.75, 3.05) is 7.11 Å². The Morgan fingerprint density at radius 3 is 2.59 bits per heavy atom. The summed E-state index contributed by atoms with van der Waals surface area (Å²) < 4.78 is 6.59. The van der Waals surface area contributed by atoms with E-state index in [4.69, 9.17) is 5.73 Å². The smallest absolute Gasteiger partial charge is 0.323 e. The quantitative estimate of drug-likeness (QED) is 0.791. The van der Waals surface area contributed by atoms with E-state index in [1.807, 2.05) is 11.6 Å². The summed E-state index contributed by atoms with van der Waals surface area (Å²) in [5, 5.41) is 0. The van der Waals surface area contributed by atoms with Crippen LogP contribution in [0.15, 0.2) is 6.20 Å². The summed E-state index contributed by atoms with van der Waals surface area (Å²) in [7, 11) is 3.28. The molecule has 96 valence electrons. The van der Waals surface area contributed by atoms with Gasteiger partial charge < -0.3 is 15.0 Å². The molecule has 5 heteroatoms. The van der Waals surface area contributed by atoms with E-state index in [2.05, 4.69) is 30.5 Å². The lowest BCUT2D eigenvalue weighted by molar-refractivity contribution is -0.142. The molecule has 0 bridgehead atoms. The normalized spacial score (nSPS) is 13.5. The highest BCUT2D eigenvalue weighted by molar-refractivity contribution is 5.75. The van der Waals surface area contributed by atoms with Crippen LogP contribution in [-0.2, 0) is 28.4 Å². The van der Waals surface area contributed by atoms with Crippen molar-refractivity contribution in [3.8, 4) is 0 Å². The Bertz CT molecular complexity index is 404. The molecule has 1 atom stereocenters. The summed E-state index contributed by atoms with van der Waals surface area (Å²) in [4.78, 5) is 15.6. The molecule has 0 unspecified atom stereocenters. The molecule has 17 heavy (non-hydrogen) atoms. The third-order valence-electron chi connectivity index (χ3n) is 2.69. The second-order valence-corrected chi connectivity index (χ2v) is 5.22. The van der Waals surface area contributed by atoms with Crippen LogP contribution in [0.4, 0.5) is 0 Å². The van der Waals surface area contributed by atoms with Crippen LogP contribution in [0.2, 0.25) is 0 Å². The second kappa shape index (κ2) is 4.87. The largest absolute Gasteiger partial charge is 0.468 e. The van der Waals surface area contributed by atoms with Gasteiger partial charge in [0.1, 0.15) is 11.9 Å². The van der Waals surface area contributed by atoms with Crippen LogP contribution in [0.1, 0.15) is 32.3 Å². The molecule has 1 heterocycles. The van der Waals surface area contributed by atoms with Crippen molar-refractivity contribution in [1.82, 2.24) is 9.55 Å². The van der Waals surface area contributed by atoms with Crippen LogP contribution in [0.3, 0.4) is 0 Å². The first-order valence-corrected chi connectivity index (χ1v) is 5.62. The van der Waals surface area contributed by atoms with Crippen LogP contribution >= 0.6 is 0 Å². The molecule has 0 aliphatic heterocycles. The van der Waals surface area contributed by atoms with Crippen molar-refractivity contribution in [3.05, 3.63) is 17.7 Å². The number of carbonyl (C=O) groups excluding carboxylic acids is 1. The first kappa shape index (κ1) is 13.7. The Hall–Kier alpha value is -1.36. The van der Waals surface area contributed by atoms with Crippen molar-refractivity contribution in [1.29, 1.82) is 0 Å². The van der Waals surface area contributed by atoms with Gasteiger partial charge >= 0.3 is 5.97 Å². The summed E-state index contributed by atoms with van der Waals surface area (Å²) in [5.74, 6) is 0.577. The molecule has 5 nitrogen and oxygen atoms in total. The van der Waals surface area contributed by atoms with Gasteiger partial charge in [-0.05, 0) is 0 Å². The maximum atomic E-state index is 11.3. The van der Waals surface area contributed by atoms with Gasteiger partial charge in [0.2, 0.25) is 0 Å². The van der Waals surface area contributed by atoms with E-state index in [1.54, 1.807) is 6.20 Å². The van der Waals surface area contributed by atoms with Gasteiger partial charge in [-0.15, -0.1) is 0 Å². The average molecular weight is 239 g/mol. The van der Waals surface area contributed by atoms with Gasteiger partial charge in [0.15, 0.2) is 0 Å². The maximum absolute atomic E-state index is 11.3. The minimum Gasteiger partial charge on any atom is -0.468 e. The molecular weight excluding hydrogens is 218 g/mol. The van der Waals surface area contributed by atoms with E-state index in [9.17, 15) is 4.79 Å². The van der Waals surface area contributed by atoms with Crippen LogP contribution in [0.25, 0.3) is 0 Å². The van der Waals surface area contributed by atoms with Crippen LogP contribution in [0.5, 0.6) is 0 Å². The van der Waals surface area contributed by atoms with Gasteiger partial charge in [-0.25, -0.2) is 4.98 Å². The summed E-state index contributed by atoms with van der Waals surface area (Å²) in [6, 6.07) is -0.636. The minimum atomic E-state index is -0.636. The minimum absolute atomic E-state index is 0.0254. The van der Waals surface area contributed by atoms with Crippen LogP contribution in [0, 0.1) is 0 Å². The van der Waals surface area contributed by atoms with Gasteiger partial charge in [0.25, 0.3) is 0 Å². The lowest BCUT2D eigenvalue weighted by atomic mass is 9.96. The van der Waals surface area contributed by atoms with Crippen molar-refractivity contribution in [2.45, 2.75) is 38.6 Å². The topological polar surface area (TPSA) is 70.1 Å². The number of aromatic nitrogens is 2. The molecule has 0 amide bonds. The zero-order chi connectivity index (χ0) is 13.2. The summed E-state index contributed by atoms with van der Waals surface area (Å²) >= 11 is 0. The first-order valence-electron chi connectivity index (χ1n) is 5.62. The monoisotopic (exact) mass is 239 g/mol. The Kier molecular flexibility index (Phi) is 3.93. The number of nitrogens with zero attached hydrogens (tertiary/aromatic N) is 2. The van der Waals surface area contributed by atoms with E-state index >= 15 is 0 Å². The zero-order valence-electron chi connectivity index (χ0n) is 11.2. The molecule has 1 aromatic heterocycles. The van der Waals surface area contributed by atoms with Gasteiger partial charge in [-0.3, -0.25) is 4.79 Å². The number of imidazole rings is 1. The van der Waals surface area contributed by atoms with E-state index in [0.29, 0.717) is 6.42 Å². The second-order valence-electron chi connectivity index (χ2n) is 5.22. The summed E-state index contributed by atoms with van der Waals surface area (Å²) in [5.41, 5.74) is 6.64. The molecule has 0 saturated carbocycles. The Morgan fingerprint density at radius 1 is 1.59 bits per heavy atom. The van der Waals surface area contributed by atoms with E-state index in [1.165, 1.54) is 7.11 Å². The van der Waals surface area contributed by atoms with Gasteiger partial charge in [0.05, 0.1) is 7.11 Å².